The third kappa shape index (κ3) is 3.38. The molecule has 1 saturated carbocycles. The van der Waals surface area contributed by atoms with Gasteiger partial charge in [-0.15, -0.1) is 0 Å². The fraction of sp³-hybridized carbons (Fsp3) is 0.500. The van der Waals surface area contributed by atoms with Gasteiger partial charge in [0, 0.05) is 50.0 Å². The number of carbonyl (C=O) groups excluding carboxylic acids is 1. The second kappa shape index (κ2) is 7.19. The molecule has 0 radical (unpaired) electrons. The smallest absolute Gasteiger partial charge is 0.237 e. The number of piperazine rings is 1. The molecule has 2 heterocycles. The van der Waals surface area contributed by atoms with Gasteiger partial charge < -0.3 is 4.90 Å². The molecular weight excluding hydrogens is 331 g/mol. The van der Waals surface area contributed by atoms with Gasteiger partial charge >= 0.3 is 0 Å². The first-order chi connectivity index (χ1) is 12.6. The van der Waals surface area contributed by atoms with Crippen molar-refractivity contribution in [2.24, 2.45) is 7.05 Å². The molecule has 0 unspecified atom stereocenters. The minimum absolute atomic E-state index is 0.222. The number of halogens is 1. The largest absolute Gasteiger partial charge is 0.337 e. The summed E-state index contributed by atoms with van der Waals surface area (Å²) in [5.74, 6) is -0.0472. The maximum Gasteiger partial charge on any atom is 0.237 e. The average Bonchev–Trinajstić information content (AvgIpc) is 3.26. The van der Waals surface area contributed by atoms with Crippen LogP contribution in [0.5, 0.6) is 0 Å². The van der Waals surface area contributed by atoms with Gasteiger partial charge in [-0.1, -0.05) is 25.0 Å². The van der Waals surface area contributed by atoms with E-state index >= 15 is 0 Å². The Labute approximate surface area is 153 Å². The van der Waals surface area contributed by atoms with Gasteiger partial charge in [0.1, 0.15) is 5.82 Å². The van der Waals surface area contributed by atoms with Gasteiger partial charge in [-0.05, 0) is 25.0 Å². The zero-order valence-electron chi connectivity index (χ0n) is 15.2. The van der Waals surface area contributed by atoms with E-state index in [0.29, 0.717) is 30.4 Å². The van der Waals surface area contributed by atoms with Gasteiger partial charge in [-0.2, -0.15) is 5.10 Å². The molecule has 0 N–H and O–H groups in total. The minimum atomic E-state index is -0.269. The van der Waals surface area contributed by atoms with Gasteiger partial charge in [0.15, 0.2) is 0 Å². The van der Waals surface area contributed by atoms with Crippen molar-refractivity contribution < 1.29 is 9.18 Å². The molecule has 1 saturated heterocycles. The molecule has 6 heteroatoms. The minimum Gasteiger partial charge on any atom is -0.337 e. The van der Waals surface area contributed by atoms with Gasteiger partial charge in [0.2, 0.25) is 5.91 Å². The van der Waals surface area contributed by atoms with E-state index < -0.39 is 0 Å². The van der Waals surface area contributed by atoms with E-state index in [2.05, 4.69) is 14.9 Å². The molecule has 138 valence electrons. The van der Waals surface area contributed by atoms with Crippen molar-refractivity contribution in [3.05, 3.63) is 41.8 Å². The summed E-state index contributed by atoms with van der Waals surface area (Å²) in [6.07, 6.45) is 6.69. The van der Waals surface area contributed by atoms with Crippen molar-refractivity contribution in [3.8, 4) is 11.3 Å². The quantitative estimate of drug-likeness (QED) is 0.846. The van der Waals surface area contributed by atoms with Gasteiger partial charge in [-0.25, -0.2) is 4.39 Å². The number of amides is 1. The number of carbonyl (C=O) groups is 1. The molecule has 2 aliphatic rings. The lowest BCUT2D eigenvalue weighted by atomic mass is 10.1. The summed E-state index contributed by atoms with van der Waals surface area (Å²) in [5.41, 5.74) is 2.13. The predicted molar refractivity (Wildman–Crippen MR) is 97.8 cm³/mol. The first-order valence-electron chi connectivity index (χ1n) is 9.41. The maximum atomic E-state index is 14.2. The van der Waals surface area contributed by atoms with E-state index in [-0.39, 0.29) is 11.7 Å². The van der Waals surface area contributed by atoms with Crippen LogP contribution >= 0.6 is 0 Å². The summed E-state index contributed by atoms with van der Waals surface area (Å²) in [5, 5.41) is 4.46. The van der Waals surface area contributed by atoms with Crippen molar-refractivity contribution in [1.82, 2.24) is 19.6 Å². The highest BCUT2D eigenvalue weighted by Crippen LogP contribution is 2.28. The van der Waals surface area contributed by atoms with E-state index in [1.54, 1.807) is 16.8 Å². The molecule has 0 bridgehead atoms. The lowest BCUT2D eigenvalue weighted by molar-refractivity contribution is -0.138. The first kappa shape index (κ1) is 17.2. The van der Waals surface area contributed by atoms with E-state index in [4.69, 9.17) is 0 Å². The van der Waals surface area contributed by atoms with Crippen LogP contribution in [0.3, 0.4) is 0 Å². The standard InChI is InChI=1S/C20H25FN4O/c1-23-12-15(20(22-23)17-8-4-5-9-18(17)21)13-24-10-11-25(19(26)14-24)16-6-2-3-7-16/h4-5,8-9,12,16H,2-3,6-7,10-11,13-14H2,1H3. The van der Waals surface area contributed by atoms with Crippen LogP contribution in [-0.4, -0.2) is 51.2 Å². The number of nitrogens with zero attached hydrogens (tertiary/aromatic N) is 4. The van der Waals surface area contributed by atoms with Crippen LogP contribution in [0.25, 0.3) is 11.3 Å². The van der Waals surface area contributed by atoms with Crippen LogP contribution in [0, 0.1) is 5.82 Å². The number of benzene rings is 1. The second-order valence-corrected chi connectivity index (χ2v) is 7.39. The summed E-state index contributed by atoms with van der Waals surface area (Å²) in [6, 6.07) is 7.16. The number of rotatable bonds is 4. The Bertz CT molecular complexity index is 797. The monoisotopic (exact) mass is 356 g/mol. The van der Waals surface area contributed by atoms with E-state index in [1.165, 1.54) is 18.9 Å². The molecule has 2 aromatic rings. The third-order valence-electron chi connectivity index (χ3n) is 5.53. The Kier molecular flexibility index (Phi) is 4.76. The van der Waals surface area contributed by atoms with Crippen molar-refractivity contribution in [1.29, 1.82) is 0 Å². The van der Waals surface area contributed by atoms with Crippen LogP contribution in [-0.2, 0) is 18.4 Å². The summed E-state index contributed by atoms with van der Waals surface area (Å²) >= 11 is 0. The van der Waals surface area contributed by atoms with Crippen LogP contribution in [0.4, 0.5) is 4.39 Å². The fourth-order valence-electron chi connectivity index (χ4n) is 4.25. The normalized spacial score (nSPS) is 19.5. The highest BCUT2D eigenvalue weighted by molar-refractivity contribution is 5.79. The number of aryl methyl sites for hydroxylation is 1. The van der Waals surface area contributed by atoms with Crippen molar-refractivity contribution >= 4 is 5.91 Å². The molecule has 1 aliphatic carbocycles. The Morgan fingerprint density at radius 2 is 1.96 bits per heavy atom. The summed E-state index contributed by atoms with van der Waals surface area (Å²) < 4.78 is 15.9. The molecule has 26 heavy (non-hydrogen) atoms. The van der Waals surface area contributed by atoms with Gasteiger partial charge in [0.25, 0.3) is 0 Å². The fourth-order valence-corrected chi connectivity index (χ4v) is 4.25. The average molecular weight is 356 g/mol. The molecule has 2 fully saturated rings. The number of hydrogen-bond acceptors (Lipinski definition) is 3. The third-order valence-corrected chi connectivity index (χ3v) is 5.53. The van der Waals surface area contributed by atoms with Crippen molar-refractivity contribution in [2.75, 3.05) is 19.6 Å². The zero-order chi connectivity index (χ0) is 18.1. The van der Waals surface area contributed by atoms with E-state index in [0.717, 1.165) is 31.5 Å². The van der Waals surface area contributed by atoms with Gasteiger partial charge in [-0.3, -0.25) is 14.4 Å². The second-order valence-electron chi connectivity index (χ2n) is 7.39. The maximum absolute atomic E-state index is 14.2. The molecule has 1 aromatic heterocycles. The molecular formula is C20H25FN4O. The molecule has 1 amide bonds. The lowest BCUT2D eigenvalue weighted by Crippen LogP contribution is -2.53. The lowest BCUT2D eigenvalue weighted by Gasteiger charge is -2.37. The van der Waals surface area contributed by atoms with E-state index in [9.17, 15) is 9.18 Å². The highest BCUT2D eigenvalue weighted by atomic mass is 19.1. The Hall–Kier alpha value is -2.21. The molecule has 0 spiro atoms. The molecule has 4 rings (SSSR count). The Balaban J connectivity index is 1.49. The Morgan fingerprint density at radius 3 is 2.69 bits per heavy atom. The van der Waals surface area contributed by atoms with E-state index in [1.807, 2.05) is 19.3 Å². The molecule has 0 atom stereocenters. The zero-order valence-corrected chi connectivity index (χ0v) is 15.2. The molecule has 1 aromatic carbocycles. The summed E-state index contributed by atoms with van der Waals surface area (Å²) in [4.78, 5) is 16.8. The van der Waals surface area contributed by atoms with Crippen molar-refractivity contribution in [2.45, 2.75) is 38.3 Å². The van der Waals surface area contributed by atoms with Crippen LogP contribution in [0.1, 0.15) is 31.2 Å². The first-order valence-corrected chi connectivity index (χ1v) is 9.41. The highest BCUT2D eigenvalue weighted by Gasteiger charge is 2.31. The van der Waals surface area contributed by atoms with Crippen LogP contribution < -0.4 is 0 Å². The number of hydrogen-bond donors (Lipinski definition) is 0. The van der Waals surface area contributed by atoms with Crippen LogP contribution in [0.15, 0.2) is 30.5 Å². The van der Waals surface area contributed by atoms with Crippen molar-refractivity contribution in [3.63, 3.8) is 0 Å². The summed E-state index contributed by atoms with van der Waals surface area (Å²) in [6.45, 7) is 2.69. The SMILES string of the molecule is Cn1cc(CN2CCN(C3CCCC3)C(=O)C2)c(-c2ccccc2F)n1. The topological polar surface area (TPSA) is 41.4 Å². The Morgan fingerprint density at radius 1 is 1.19 bits per heavy atom. The number of aromatic nitrogens is 2. The van der Waals surface area contributed by atoms with Gasteiger partial charge in [0.05, 0.1) is 12.2 Å². The van der Waals surface area contributed by atoms with Crippen LogP contribution in [0.2, 0.25) is 0 Å². The molecule has 1 aliphatic heterocycles. The molecule has 5 nitrogen and oxygen atoms in total. The predicted octanol–water partition coefficient (Wildman–Crippen LogP) is 2.81. The summed E-state index contributed by atoms with van der Waals surface area (Å²) in [7, 11) is 1.84.